The third-order valence-corrected chi connectivity index (χ3v) is 3.36. The van der Waals surface area contributed by atoms with Gasteiger partial charge in [0.25, 0.3) is 0 Å². The molecule has 2 heterocycles. The molecule has 0 bridgehead atoms. The highest BCUT2D eigenvalue weighted by atomic mass is 16.5. The Morgan fingerprint density at radius 2 is 2.26 bits per heavy atom. The number of rotatable bonds is 2. The second-order valence-electron chi connectivity index (χ2n) is 4.47. The number of hydrogen-bond donors (Lipinski definition) is 1. The van der Waals surface area contributed by atoms with Crippen molar-refractivity contribution in [1.82, 2.24) is 10.1 Å². The van der Waals surface area contributed by atoms with Crippen molar-refractivity contribution in [2.24, 2.45) is 5.73 Å². The second kappa shape index (κ2) is 4.47. The van der Waals surface area contributed by atoms with Crippen LogP contribution in [0.4, 0.5) is 5.69 Å². The molecule has 1 aliphatic rings. The summed E-state index contributed by atoms with van der Waals surface area (Å²) in [4.78, 5) is 17.6. The minimum atomic E-state index is 0.125. The van der Waals surface area contributed by atoms with Gasteiger partial charge in [-0.3, -0.25) is 4.79 Å². The summed E-state index contributed by atoms with van der Waals surface area (Å²) < 4.78 is 5.04. The molecule has 0 atom stereocenters. The number of nitrogens with two attached hydrogens (primary N) is 1. The lowest BCUT2D eigenvalue weighted by atomic mass is 9.96. The number of fused-ring (bicyclic) bond motifs is 1. The lowest BCUT2D eigenvalue weighted by Crippen LogP contribution is -2.31. The molecule has 0 spiro atoms. The largest absolute Gasteiger partial charge is 0.338 e. The fraction of sp³-hybridized carbons (Fsp3) is 0.308. The van der Waals surface area contributed by atoms with Crippen molar-refractivity contribution in [3.8, 4) is 11.4 Å². The zero-order valence-corrected chi connectivity index (χ0v) is 10.6. The van der Waals surface area contributed by atoms with Crippen molar-refractivity contribution in [2.75, 3.05) is 11.9 Å². The number of hydrogen-bond acceptors (Lipinski definition) is 5. The fourth-order valence-corrected chi connectivity index (χ4v) is 2.34. The van der Waals surface area contributed by atoms with Crippen molar-refractivity contribution in [3.63, 3.8) is 0 Å². The molecule has 2 N–H and O–H groups in total. The van der Waals surface area contributed by atoms with Crippen molar-refractivity contribution in [1.29, 1.82) is 0 Å². The first-order valence-electron chi connectivity index (χ1n) is 6.12. The quantitative estimate of drug-likeness (QED) is 0.872. The summed E-state index contributed by atoms with van der Waals surface area (Å²) in [6.45, 7) is 0.223. The van der Waals surface area contributed by atoms with Gasteiger partial charge in [0.2, 0.25) is 17.6 Å². The Labute approximate surface area is 110 Å². The van der Waals surface area contributed by atoms with Gasteiger partial charge in [0.05, 0.1) is 6.54 Å². The summed E-state index contributed by atoms with van der Waals surface area (Å²) in [5, 5.41) is 3.94. The van der Waals surface area contributed by atoms with Crippen LogP contribution in [0.25, 0.3) is 11.4 Å². The van der Waals surface area contributed by atoms with Crippen LogP contribution in [0.2, 0.25) is 0 Å². The smallest absolute Gasteiger partial charge is 0.240 e. The van der Waals surface area contributed by atoms with Gasteiger partial charge in [-0.2, -0.15) is 4.98 Å². The van der Waals surface area contributed by atoms with Crippen LogP contribution >= 0.6 is 0 Å². The molecular formula is C13H14N4O2. The molecule has 1 aromatic heterocycles. The number of anilines is 1. The molecule has 0 saturated carbocycles. The lowest BCUT2D eigenvalue weighted by molar-refractivity contribution is -0.118. The van der Waals surface area contributed by atoms with Crippen molar-refractivity contribution < 1.29 is 9.32 Å². The molecule has 1 amide bonds. The standard InChI is InChI=1S/C13H14N4O2/c1-17-10-4-2-3-9(8(10)5-6-12(17)18)13-15-11(7-14)19-16-13/h2-4H,5-7,14H2,1H3. The molecule has 6 nitrogen and oxygen atoms in total. The van der Waals surface area contributed by atoms with Crippen LogP contribution in [0.1, 0.15) is 17.9 Å². The molecule has 0 radical (unpaired) electrons. The van der Waals surface area contributed by atoms with Crippen LogP contribution in [0.15, 0.2) is 22.7 Å². The number of carbonyl (C=O) groups excluding carboxylic acids is 1. The van der Waals surface area contributed by atoms with E-state index in [4.69, 9.17) is 10.3 Å². The molecule has 2 aromatic rings. The van der Waals surface area contributed by atoms with Gasteiger partial charge in [-0.25, -0.2) is 0 Å². The number of benzene rings is 1. The number of nitrogens with zero attached hydrogens (tertiary/aromatic N) is 3. The minimum absolute atomic E-state index is 0.125. The van der Waals surface area contributed by atoms with Crippen LogP contribution in [0.5, 0.6) is 0 Å². The van der Waals surface area contributed by atoms with Crippen LogP contribution in [-0.2, 0) is 17.8 Å². The molecule has 0 aliphatic carbocycles. The zero-order valence-electron chi connectivity index (χ0n) is 10.6. The maximum atomic E-state index is 11.7. The highest BCUT2D eigenvalue weighted by molar-refractivity contribution is 5.97. The van der Waals surface area contributed by atoms with Gasteiger partial charge in [0.15, 0.2) is 0 Å². The SMILES string of the molecule is CN1C(=O)CCc2c(-c3noc(CN)n3)cccc21. The normalized spacial score (nSPS) is 14.6. The van der Waals surface area contributed by atoms with Crippen molar-refractivity contribution in [2.45, 2.75) is 19.4 Å². The van der Waals surface area contributed by atoms with E-state index in [0.29, 0.717) is 24.6 Å². The number of carbonyl (C=O) groups is 1. The molecule has 0 fully saturated rings. The van der Waals surface area contributed by atoms with E-state index in [1.54, 1.807) is 11.9 Å². The first-order chi connectivity index (χ1) is 9.20. The minimum Gasteiger partial charge on any atom is -0.338 e. The Hall–Kier alpha value is -2.21. The van der Waals surface area contributed by atoms with Gasteiger partial charge in [-0.1, -0.05) is 17.3 Å². The second-order valence-corrected chi connectivity index (χ2v) is 4.47. The summed E-state index contributed by atoms with van der Waals surface area (Å²) in [5.41, 5.74) is 8.36. The summed E-state index contributed by atoms with van der Waals surface area (Å²) >= 11 is 0. The Morgan fingerprint density at radius 3 is 3.00 bits per heavy atom. The topological polar surface area (TPSA) is 85.2 Å². The van der Waals surface area contributed by atoms with E-state index in [-0.39, 0.29) is 12.5 Å². The molecule has 3 rings (SSSR count). The highest BCUT2D eigenvalue weighted by Crippen LogP contribution is 2.33. The Morgan fingerprint density at radius 1 is 1.42 bits per heavy atom. The third-order valence-electron chi connectivity index (χ3n) is 3.36. The molecule has 19 heavy (non-hydrogen) atoms. The average molecular weight is 258 g/mol. The van der Waals surface area contributed by atoms with Gasteiger partial charge >= 0.3 is 0 Å². The predicted octanol–water partition coefficient (Wildman–Crippen LogP) is 1.10. The van der Waals surface area contributed by atoms with Gasteiger partial charge < -0.3 is 15.2 Å². The molecule has 0 saturated heterocycles. The maximum absolute atomic E-state index is 11.7. The summed E-state index contributed by atoms with van der Waals surface area (Å²) in [7, 11) is 1.78. The van der Waals surface area contributed by atoms with E-state index >= 15 is 0 Å². The summed E-state index contributed by atoms with van der Waals surface area (Å²) in [6, 6.07) is 5.76. The lowest BCUT2D eigenvalue weighted by Gasteiger charge is -2.26. The highest BCUT2D eigenvalue weighted by Gasteiger charge is 2.24. The first kappa shape index (κ1) is 11.9. The van der Waals surface area contributed by atoms with Crippen LogP contribution in [-0.4, -0.2) is 23.1 Å². The molecular weight excluding hydrogens is 244 g/mol. The third kappa shape index (κ3) is 1.90. The van der Waals surface area contributed by atoms with Crippen LogP contribution < -0.4 is 10.6 Å². The molecule has 1 aliphatic heterocycles. The van der Waals surface area contributed by atoms with Gasteiger partial charge in [0.1, 0.15) is 0 Å². The summed E-state index contributed by atoms with van der Waals surface area (Å²) in [5.74, 6) is 1.06. The summed E-state index contributed by atoms with van der Waals surface area (Å²) in [6.07, 6.45) is 1.20. The van der Waals surface area contributed by atoms with Crippen molar-refractivity contribution >= 4 is 11.6 Å². The van der Waals surface area contributed by atoms with E-state index in [0.717, 1.165) is 16.8 Å². The molecule has 6 heteroatoms. The number of amides is 1. The van der Waals surface area contributed by atoms with Gasteiger partial charge in [-0.15, -0.1) is 0 Å². The molecule has 98 valence electrons. The first-order valence-corrected chi connectivity index (χ1v) is 6.12. The Bertz CT molecular complexity index is 635. The van der Waals surface area contributed by atoms with Crippen LogP contribution in [0, 0.1) is 0 Å². The van der Waals surface area contributed by atoms with E-state index in [1.165, 1.54) is 0 Å². The molecule has 0 unspecified atom stereocenters. The van der Waals surface area contributed by atoms with Crippen LogP contribution in [0.3, 0.4) is 0 Å². The Balaban J connectivity index is 2.11. The van der Waals surface area contributed by atoms with Gasteiger partial charge in [0, 0.05) is 24.7 Å². The van der Waals surface area contributed by atoms with E-state index in [9.17, 15) is 4.79 Å². The van der Waals surface area contributed by atoms with Gasteiger partial charge in [-0.05, 0) is 18.1 Å². The zero-order chi connectivity index (χ0) is 13.4. The van der Waals surface area contributed by atoms with E-state index < -0.39 is 0 Å². The monoisotopic (exact) mass is 258 g/mol. The molecule has 1 aromatic carbocycles. The predicted molar refractivity (Wildman–Crippen MR) is 69.4 cm³/mol. The maximum Gasteiger partial charge on any atom is 0.240 e. The van der Waals surface area contributed by atoms with Crippen molar-refractivity contribution in [3.05, 3.63) is 29.7 Å². The fourth-order valence-electron chi connectivity index (χ4n) is 2.34. The van der Waals surface area contributed by atoms with E-state index in [2.05, 4.69) is 10.1 Å². The Kier molecular flexibility index (Phi) is 2.79. The van der Waals surface area contributed by atoms with E-state index in [1.807, 2.05) is 18.2 Å². The average Bonchev–Trinajstić information content (AvgIpc) is 2.91. The number of aromatic nitrogens is 2.